The molecule has 0 saturated carbocycles. The van der Waals surface area contributed by atoms with E-state index in [4.69, 9.17) is 4.74 Å². The highest BCUT2D eigenvalue weighted by Crippen LogP contribution is 2.06. The molecule has 1 aromatic rings. The summed E-state index contributed by atoms with van der Waals surface area (Å²) in [6, 6.07) is 3.81. The normalized spacial score (nSPS) is 8.00. The summed E-state index contributed by atoms with van der Waals surface area (Å²) in [5.41, 5.74) is 1.01. The zero-order valence-electron chi connectivity index (χ0n) is 7.59. The molecule has 0 atom stereocenters. The summed E-state index contributed by atoms with van der Waals surface area (Å²) in [7, 11) is 1.63. The van der Waals surface area contributed by atoms with E-state index in [-0.39, 0.29) is 0 Å². The molecule has 2 heteroatoms. The minimum atomic E-state index is 0.806. The second kappa shape index (κ2) is 5.71. The Labute approximate surface area is 68.2 Å². The van der Waals surface area contributed by atoms with Gasteiger partial charge in [-0.1, -0.05) is 13.8 Å². The van der Waals surface area contributed by atoms with Crippen molar-refractivity contribution in [2.45, 2.75) is 20.8 Å². The molecule has 0 spiro atoms. The highest BCUT2D eigenvalue weighted by atomic mass is 16.5. The Kier molecular flexibility index (Phi) is 5.17. The van der Waals surface area contributed by atoms with Gasteiger partial charge < -0.3 is 4.74 Å². The van der Waals surface area contributed by atoms with Gasteiger partial charge in [-0.2, -0.15) is 0 Å². The number of rotatable bonds is 1. The van der Waals surface area contributed by atoms with Crippen LogP contribution in [0.2, 0.25) is 0 Å². The van der Waals surface area contributed by atoms with Crippen LogP contribution < -0.4 is 4.74 Å². The predicted octanol–water partition coefficient (Wildman–Crippen LogP) is 2.42. The first kappa shape index (κ1) is 9.95. The Morgan fingerprint density at radius 3 is 2.27 bits per heavy atom. The van der Waals surface area contributed by atoms with Crippen LogP contribution in [0.15, 0.2) is 18.3 Å². The molecule has 0 saturated heterocycles. The van der Waals surface area contributed by atoms with Crippen molar-refractivity contribution in [3.63, 3.8) is 0 Å². The number of nitrogens with zero attached hydrogens (tertiary/aromatic N) is 1. The molecule has 0 aliphatic heterocycles. The zero-order valence-corrected chi connectivity index (χ0v) is 7.59. The van der Waals surface area contributed by atoms with E-state index >= 15 is 0 Å². The Hall–Kier alpha value is -1.05. The molecule has 0 amide bonds. The van der Waals surface area contributed by atoms with E-state index in [1.165, 1.54) is 0 Å². The number of aryl methyl sites for hydroxylation is 1. The van der Waals surface area contributed by atoms with Crippen molar-refractivity contribution in [1.29, 1.82) is 0 Å². The van der Waals surface area contributed by atoms with Crippen LogP contribution in [0.1, 0.15) is 19.5 Å². The van der Waals surface area contributed by atoms with Crippen molar-refractivity contribution in [3.05, 3.63) is 24.0 Å². The maximum atomic E-state index is 4.91. The van der Waals surface area contributed by atoms with Gasteiger partial charge in [-0.3, -0.25) is 4.98 Å². The Bertz CT molecular complexity index is 181. The third-order valence-electron chi connectivity index (χ3n) is 1.12. The van der Waals surface area contributed by atoms with Crippen LogP contribution in [0.5, 0.6) is 5.75 Å². The lowest BCUT2D eigenvalue weighted by atomic mass is 10.4. The van der Waals surface area contributed by atoms with Crippen LogP contribution in [0, 0.1) is 6.92 Å². The number of ether oxygens (including phenoxy) is 1. The minimum Gasteiger partial charge on any atom is -0.495 e. The van der Waals surface area contributed by atoms with Gasteiger partial charge in [0.05, 0.1) is 13.3 Å². The standard InChI is InChI=1S/C7H9NO.C2H6/c1-6-3-4-7(9-2)5-8-6;1-2/h3-5H,1-2H3;1-2H3. The number of aromatic nitrogens is 1. The molecular formula is C9H15NO. The smallest absolute Gasteiger partial charge is 0.137 e. The van der Waals surface area contributed by atoms with Crippen molar-refractivity contribution < 1.29 is 4.74 Å². The lowest BCUT2D eigenvalue weighted by Crippen LogP contribution is -1.84. The fourth-order valence-corrected chi connectivity index (χ4v) is 0.575. The van der Waals surface area contributed by atoms with Gasteiger partial charge in [0.1, 0.15) is 5.75 Å². The van der Waals surface area contributed by atoms with Crippen molar-refractivity contribution in [2.24, 2.45) is 0 Å². The minimum absolute atomic E-state index is 0.806. The molecule has 1 rings (SSSR count). The van der Waals surface area contributed by atoms with E-state index in [9.17, 15) is 0 Å². The predicted molar refractivity (Wildman–Crippen MR) is 46.9 cm³/mol. The zero-order chi connectivity index (χ0) is 8.69. The molecule has 0 N–H and O–H groups in total. The third-order valence-corrected chi connectivity index (χ3v) is 1.12. The van der Waals surface area contributed by atoms with Gasteiger partial charge in [-0.05, 0) is 19.1 Å². The van der Waals surface area contributed by atoms with E-state index < -0.39 is 0 Å². The second-order valence-corrected chi connectivity index (χ2v) is 1.84. The van der Waals surface area contributed by atoms with E-state index in [0.29, 0.717) is 0 Å². The molecule has 0 aliphatic rings. The van der Waals surface area contributed by atoms with Gasteiger partial charge in [-0.15, -0.1) is 0 Å². The van der Waals surface area contributed by atoms with Gasteiger partial charge in [0.25, 0.3) is 0 Å². The first-order chi connectivity index (χ1) is 5.33. The molecule has 2 nitrogen and oxygen atoms in total. The van der Waals surface area contributed by atoms with E-state index in [0.717, 1.165) is 11.4 Å². The molecule has 0 fully saturated rings. The Morgan fingerprint density at radius 2 is 1.91 bits per heavy atom. The van der Waals surface area contributed by atoms with Gasteiger partial charge in [0, 0.05) is 5.69 Å². The van der Waals surface area contributed by atoms with Crippen molar-refractivity contribution >= 4 is 0 Å². The SMILES string of the molecule is CC.COc1ccc(C)nc1. The number of pyridine rings is 1. The van der Waals surface area contributed by atoms with Crippen LogP contribution in [-0.2, 0) is 0 Å². The molecule has 0 aliphatic carbocycles. The average molecular weight is 153 g/mol. The molecule has 62 valence electrons. The lowest BCUT2D eigenvalue weighted by molar-refractivity contribution is 0.412. The van der Waals surface area contributed by atoms with Crippen LogP contribution in [0.3, 0.4) is 0 Å². The summed E-state index contributed by atoms with van der Waals surface area (Å²) in [5, 5.41) is 0. The quantitative estimate of drug-likeness (QED) is 0.618. The monoisotopic (exact) mass is 153 g/mol. The summed E-state index contributed by atoms with van der Waals surface area (Å²) in [5.74, 6) is 0.806. The van der Waals surface area contributed by atoms with E-state index in [1.54, 1.807) is 13.3 Å². The highest BCUT2D eigenvalue weighted by molar-refractivity contribution is 5.18. The molecule has 1 aromatic heterocycles. The van der Waals surface area contributed by atoms with Crippen LogP contribution >= 0.6 is 0 Å². The molecular weight excluding hydrogens is 138 g/mol. The topological polar surface area (TPSA) is 22.1 Å². The van der Waals surface area contributed by atoms with Crippen molar-refractivity contribution in [2.75, 3.05) is 7.11 Å². The molecule has 0 unspecified atom stereocenters. The van der Waals surface area contributed by atoms with Crippen molar-refractivity contribution in [3.8, 4) is 5.75 Å². The molecule has 0 bridgehead atoms. The molecule has 11 heavy (non-hydrogen) atoms. The highest BCUT2D eigenvalue weighted by Gasteiger charge is 1.86. The first-order valence-electron chi connectivity index (χ1n) is 3.79. The fraction of sp³-hybridized carbons (Fsp3) is 0.444. The van der Waals surface area contributed by atoms with Gasteiger partial charge in [0.15, 0.2) is 0 Å². The summed E-state index contributed by atoms with van der Waals surface area (Å²) >= 11 is 0. The van der Waals surface area contributed by atoms with Crippen LogP contribution in [0.25, 0.3) is 0 Å². The van der Waals surface area contributed by atoms with Gasteiger partial charge >= 0.3 is 0 Å². The third kappa shape index (κ3) is 3.61. The summed E-state index contributed by atoms with van der Waals surface area (Å²) in [6.07, 6.45) is 1.70. The van der Waals surface area contributed by atoms with E-state index in [2.05, 4.69) is 4.98 Å². The van der Waals surface area contributed by atoms with Crippen LogP contribution in [0.4, 0.5) is 0 Å². The second-order valence-electron chi connectivity index (χ2n) is 1.84. The summed E-state index contributed by atoms with van der Waals surface area (Å²) < 4.78 is 4.91. The maximum absolute atomic E-state index is 4.91. The van der Waals surface area contributed by atoms with E-state index in [1.807, 2.05) is 32.9 Å². The summed E-state index contributed by atoms with van der Waals surface area (Å²) in [6.45, 7) is 5.94. The maximum Gasteiger partial charge on any atom is 0.137 e. The first-order valence-corrected chi connectivity index (χ1v) is 3.79. The summed E-state index contributed by atoms with van der Waals surface area (Å²) in [4.78, 5) is 4.02. The largest absolute Gasteiger partial charge is 0.495 e. The number of hydrogen-bond acceptors (Lipinski definition) is 2. The lowest BCUT2D eigenvalue weighted by Gasteiger charge is -1.96. The Balaban J connectivity index is 0.000000461. The Morgan fingerprint density at radius 1 is 1.27 bits per heavy atom. The van der Waals surface area contributed by atoms with Gasteiger partial charge in [0.2, 0.25) is 0 Å². The fourth-order valence-electron chi connectivity index (χ4n) is 0.575. The molecule has 0 radical (unpaired) electrons. The number of methoxy groups -OCH3 is 1. The molecule has 0 aromatic carbocycles. The van der Waals surface area contributed by atoms with Gasteiger partial charge in [-0.25, -0.2) is 0 Å². The van der Waals surface area contributed by atoms with Crippen LogP contribution in [-0.4, -0.2) is 12.1 Å². The molecule has 1 heterocycles. The number of hydrogen-bond donors (Lipinski definition) is 0. The van der Waals surface area contributed by atoms with Crippen molar-refractivity contribution in [1.82, 2.24) is 4.98 Å². The average Bonchev–Trinajstić information content (AvgIpc) is 2.10.